The van der Waals surface area contributed by atoms with Crippen LogP contribution in [0, 0.1) is 0 Å². The molecule has 0 radical (unpaired) electrons. The van der Waals surface area contributed by atoms with E-state index >= 15 is 0 Å². The van der Waals surface area contributed by atoms with Crippen LogP contribution in [0.1, 0.15) is 15.9 Å². The van der Waals surface area contributed by atoms with Crippen LogP contribution in [-0.2, 0) is 6.54 Å². The number of benzene rings is 3. The Bertz CT molecular complexity index is 779. The standard InChI is InChI=1S/C18H16N2O/c19-18(21)15-7-9-17(10-8-15)20-12-13-5-6-14-3-1-2-4-16(14)11-13/h1-11,20H,12H2,(H2,19,21). The third-order valence-corrected chi connectivity index (χ3v) is 3.48. The molecule has 104 valence electrons. The normalized spacial score (nSPS) is 10.5. The highest BCUT2D eigenvalue weighted by molar-refractivity contribution is 5.93. The summed E-state index contributed by atoms with van der Waals surface area (Å²) in [5, 5.41) is 5.82. The molecule has 0 atom stereocenters. The number of rotatable bonds is 4. The van der Waals surface area contributed by atoms with Crippen molar-refractivity contribution in [1.82, 2.24) is 0 Å². The average Bonchev–Trinajstić information content (AvgIpc) is 2.53. The van der Waals surface area contributed by atoms with E-state index in [0.29, 0.717) is 5.56 Å². The highest BCUT2D eigenvalue weighted by Gasteiger charge is 2.00. The van der Waals surface area contributed by atoms with E-state index in [2.05, 4.69) is 35.6 Å². The molecule has 1 amide bonds. The van der Waals surface area contributed by atoms with Gasteiger partial charge in [0.15, 0.2) is 0 Å². The molecule has 0 aromatic heterocycles. The summed E-state index contributed by atoms with van der Waals surface area (Å²) in [4.78, 5) is 11.0. The molecule has 0 fully saturated rings. The lowest BCUT2D eigenvalue weighted by atomic mass is 10.1. The molecule has 0 spiro atoms. The molecule has 3 aromatic carbocycles. The third kappa shape index (κ3) is 3.03. The zero-order valence-corrected chi connectivity index (χ0v) is 11.5. The molecule has 0 saturated heterocycles. The Morgan fingerprint density at radius 3 is 2.33 bits per heavy atom. The molecule has 0 saturated carbocycles. The van der Waals surface area contributed by atoms with Crippen LogP contribution < -0.4 is 11.1 Å². The Hall–Kier alpha value is -2.81. The zero-order chi connectivity index (χ0) is 14.7. The minimum Gasteiger partial charge on any atom is -0.381 e. The van der Waals surface area contributed by atoms with E-state index in [-0.39, 0.29) is 0 Å². The number of anilines is 1. The first-order valence-corrected chi connectivity index (χ1v) is 6.84. The van der Waals surface area contributed by atoms with E-state index in [1.807, 2.05) is 24.3 Å². The fourth-order valence-electron chi connectivity index (χ4n) is 2.31. The highest BCUT2D eigenvalue weighted by atomic mass is 16.1. The number of hydrogen-bond acceptors (Lipinski definition) is 2. The topological polar surface area (TPSA) is 55.1 Å². The summed E-state index contributed by atoms with van der Waals surface area (Å²) in [5.41, 5.74) is 7.92. The molecule has 3 heteroatoms. The summed E-state index contributed by atoms with van der Waals surface area (Å²) in [7, 11) is 0. The molecule has 3 aromatic rings. The second-order valence-electron chi connectivity index (χ2n) is 4.98. The molecular weight excluding hydrogens is 260 g/mol. The van der Waals surface area contributed by atoms with Gasteiger partial charge in [0.25, 0.3) is 0 Å². The Morgan fingerprint density at radius 1 is 0.905 bits per heavy atom. The van der Waals surface area contributed by atoms with Gasteiger partial charge in [-0.3, -0.25) is 4.79 Å². The van der Waals surface area contributed by atoms with Crippen molar-refractivity contribution < 1.29 is 4.79 Å². The van der Waals surface area contributed by atoms with Gasteiger partial charge in [0.05, 0.1) is 0 Å². The van der Waals surface area contributed by atoms with E-state index in [4.69, 9.17) is 5.73 Å². The monoisotopic (exact) mass is 276 g/mol. The van der Waals surface area contributed by atoms with Crippen LogP contribution in [0.5, 0.6) is 0 Å². The van der Waals surface area contributed by atoms with Crippen LogP contribution in [-0.4, -0.2) is 5.91 Å². The molecule has 3 nitrogen and oxygen atoms in total. The molecule has 21 heavy (non-hydrogen) atoms. The molecule has 0 aliphatic heterocycles. The number of fused-ring (bicyclic) bond motifs is 1. The second-order valence-corrected chi connectivity index (χ2v) is 4.98. The highest BCUT2D eigenvalue weighted by Crippen LogP contribution is 2.17. The van der Waals surface area contributed by atoms with Gasteiger partial charge >= 0.3 is 0 Å². The molecule has 0 bridgehead atoms. The predicted octanol–water partition coefficient (Wildman–Crippen LogP) is 3.55. The first-order chi connectivity index (χ1) is 10.2. The Kier molecular flexibility index (Phi) is 3.56. The molecular formula is C18H16N2O. The van der Waals surface area contributed by atoms with E-state index in [9.17, 15) is 4.79 Å². The number of primary amides is 1. The first-order valence-electron chi connectivity index (χ1n) is 6.84. The van der Waals surface area contributed by atoms with Crippen molar-refractivity contribution in [3.05, 3.63) is 77.9 Å². The van der Waals surface area contributed by atoms with Crippen molar-refractivity contribution in [3.63, 3.8) is 0 Å². The summed E-state index contributed by atoms with van der Waals surface area (Å²) in [6.45, 7) is 0.737. The van der Waals surface area contributed by atoms with Gasteiger partial charge in [0.1, 0.15) is 0 Å². The molecule has 3 rings (SSSR count). The smallest absolute Gasteiger partial charge is 0.248 e. The van der Waals surface area contributed by atoms with Crippen LogP contribution in [0.4, 0.5) is 5.69 Å². The molecule has 0 aliphatic rings. The van der Waals surface area contributed by atoms with E-state index < -0.39 is 5.91 Å². The van der Waals surface area contributed by atoms with Crippen LogP contribution in [0.25, 0.3) is 10.8 Å². The average molecular weight is 276 g/mol. The largest absolute Gasteiger partial charge is 0.381 e. The van der Waals surface area contributed by atoms with Crippen LogP contribution in [0.2, 0.25) is 0 Å². The number of carbonyl (C=O) groups is 1. The van der Waals surface area contributed by atoms with Crippen LogP contribution in [0.3, 0.4) is 0 Å². The van der Waals surface area contributed by atoms with Crippen molar-refractivity contribution in [1.29, 1.82) is 0 Å². The zero-order valence-electron chi connectivity index (χ0n) is 11.5. The SMILES string of the molecule is NC(=O)c1ccc(NCc2ccc3ccccc3c2)cc1. The number of nitrogens with two attached hydrogens (primary N) is 1. The first kappa shape index (κ1) is 13.2. The van der Waals surface area contributed by atoms with Crippen molar-refractivity contribution in [3.8, 4) is 0 Å². The molecule has 0 heterocycles. The van der Waals surface area contributed by atoms with E-state index in [0.717, 1.165) is 12.2 Å². The van der Waals surface area contributed by atoms with Gasteiger partial charge in [-0.05, 0) is 46.7 Å². The van der Waals surface area contributed by atoms with Gasteiger partial charge in [-0.15, -0.1) is 0 Å². The maximum atomic E-state index is 11.0. The van der Waals surface area contributed by atoms with Crippen molar-refractivity contribution >= 4 is 22.4 Å². The Labute approximate surface area is 123 Å². The van der Waals surface area contributed by atoms with Gasteiger partial charge in [0.2, 0.25) is 5.91 Å². The molecule has 0 aliphatic carbocycles. The number of nitrogens with one attached hydrogen (secondary N) is 1. The Balaban J connectivity index is 1.72. The molecule has 3 N–H and O–H groups in total. The maximum Gasteiger partial charge on any atom is 0.248 e. The summed E-state index contributed by atoms with van der Waals surface area (Å²) in [6, 6.07) is 21.9. The quantitative estimate of drug-likeness (QED) is 0.765. The summed E-state index contributed by atoms with van der Waals surface area (Å²) in [5.74, 6) is -0.406. The maximum absolute atomic E-state index is 11.0. The van der Waals surface area contributed by atoms with Gasteiger partial charge in [-0.2, -0.15) is 0 Å². The summed E-state index contributed by atoms with van der Waals surface area (Å²) < 4.78 is 0. The van der Waals surface area contributed by atoms with Crippen molar-refractivity contribution in [2.24, 2.45) is 5.73 Å². The number of amides is 1. The number of hydrogen-bond donors (Lipinski definition) is 2. The van der Waals surface area contributed by atoms with Gasteiger partial charge in [-0.1, -0.05) is 36.4 Å². The van der Waals surface area contributed by atoms with E-state index in [1.54, 1.807) is 12.1 Å². The van der Waals surface area contributed by atoms with Crippen LogP contribution in [0.15, 0.2) is 66.7 Å². The lowest BCUT2D eigenvalue weighted by Crippen LogP contribution is -2.10. The summed E-state index contributed by atoms with van der Waals surface area (Å²) in [6.07, 6.45) is 0. The van der Waals surface area contributed by atoms with Gasteiger partial charge in [0, 0.05) is 17.8 Å². The number of carbonyl (C=O) groups excluding carboxylic acids is 1. The lowest BCUT2D eigenvalue weighted by Gasteiger charge is -2.08. The minimum atomic E-state index is -0.406. The lowest BCUT2D eigenvalue weighted by molar-refractivity contribution is 0.100. The summed E-state index contributed by atoms with van der Waals surface area (Å²) >= 11 is 0. The second kappa shape index (κ2) is 5.67. The van der Waals surface area contributed by atoms with E-state index in [1.165, 1.54) is 16.3 Å². The Morgan fingerprint density at radius 2 is 1.62 bits per heavy atom. The predicted molar refractivity (Wildman–Crippen MR) is 86.2 cm³/mol. The fourth-order valence-corrected chi connectivity index (χ4v) is 2.31. The fraction of sp³-hybridized carbons (Fsp3) is 0.0556. The van der Waals surface area contributed by atoms with Gasteiger partial charge in [-0.25, -0.2) is 0 Å². The molecule has 0 unspecified atom stereocenters. The van der Waals surface area contributed by atoms with Crippen LogP contribution >= 0.6 is 0 Å². The van der Waals surface area contributed by atoms with Gasteiger partial charge < -0.3 is 11.1 Å². The minimum absolute atomic E-state index is 0.406. The third-order valence-electron chi connectivity index (χ3n) is 3.48. The van der Waals surface area contributed by atoms with Crippen molar-refractivity contribution in [2.75, 3.05) is 5.32 Å². The van der Waals surface area contributed by atoms with Crippen molar-refractivity contribution in [2.45, 2.75) is 6.54 Å².